The van der Waals surface area contributed by atoms with Crippen molar-refractivity contribution >= 4 is 5.91 Å². The van der Waals surface area contributed by atoms with Crippen molar-refractivity contribution < 1.29 is 9.18 Å². The second-order valence-corrected chi connectivity index (χ2v) is 6.11. The number of hydrogen-bond donors (Lipinski definition) is 2. The van der Waals surface area contributed by atoms with Gasteiger partial charge in [-0.3, -0.25) is 24.3 Å². The zero-order valence-corrected chi connectivity index (χ0v) is 13.6. The maximum absolute atomic E-state index is 12.8. The lowest BCUT2D eigenvalue weighted by molar-refractivity contribution is -0.122. The molecule has 24 heavy (non-hydrogen) atoms. The van der Waals surface area contributed by atoms with E-state index in [-0.39, 0.29) is 17.3 Å². The lowest BCUT2D eigenvalue weighted by Crippen LogP contribution is -2.41. The van der Waals surface area contributed by atoms with Crippen LogP contribution in [0.15, 0.2) is 29.1 Å². The number of H-pyrrole nitrogens is 1. The summed E-state index contributed by atoms with van der Waals surface area (Å²) in [5, 5.41) is 5.64. The summed E-state index contributed by atoms with van der Waals surface area (Å²) in [4.78, 5) is 25.8. The molecule has 0 atom stereocenters. The highest BCUT2D eigenvalue weighted by atomic mass is 19.1. The number of hydrogen-bond acceptors (Lipinski definition) is 3. The van der Waals surface area contributed by atoms with Crippen molar-refractivity contribution in [2.75, 3.05) is 19.6 Å². The van der Waals surface area contributed by atoms with Crippen LogP contribution in [0.5, 0.6) is 0 Å². The monoisotopic (exact) mass is 332 g/mol. The highest BCUT2D eigenvalue weighted by Crippen LogP contribution is 2.14. The predicted molar refractivity (Wildman–Crippen MR) is 88.1 cm³/mol. The highest BCUT2D eigenvalue weighted by molar-refractivity contribution is 5.78. The summed E-state index contributed by atoms with van der Waals surface area (Å²) in [5.41, 5.74) is 2.73. The van der Waals surface area contributed by atoms with Crippen molar-refractivity contribution in [3.05, 3.63) is 57.3 Å². The van der Waals surface area contributed by atoms with Crippen molar-refractivity contribution in [1.29, 1.82) is 0 Å². The minimum atomic E-state index is -0.258. The van der Waals surface area contributed by atoms with Crippen LogP contribution in [0.4, 0.5) is 4.39 Å². The van der Waals surface area contributed by atoms with E-state index in [0.717, 1.165) is 16.8 Å². The fraction of sp³-hybridized carbons (Fsp3) is 0.412. The Kier molecular flexibility index (Phi) is 4.80. The smallest absolute Gasteiger partial charge is 0.267 e. The first-order valence-electron chi connectivity index (χ1n) is 8.03. The van der Waals surface area contributed by atoms with Crippen LogP contribution >= 0.6 is 0 Å². The minimum Gasteiger partial charge on any atom is -0.355 e. The van der Waals surface area contributed by atoms with Gasteiger partial charge in [-0.1, -0.05) is 12.1 Å². The highest BCUT2D eigenvalue weighted by Gasteiger charge is 2.23. The molecule has 1 aromatic carbocycles. The Hall–Kier alpha value is -2.41. The first-order chi connectivity index (χ1) is 11.5. The SMILES string of the molecule is Cn1[nH]c(=O)c2c1CN(CC(=O)NCCc1ccc(F)cc1)CC2. The van der Waals surface area contributed by atoms with E-state index in [4.69, 9.17) is 0 Å². The molecule has 0 saturated carbocycles. The molecule has 0 bridgehead atoms. The summed E-state index contributed by atoms with van der Waals surface area (Å²) in [6.07, 6.45) is 1.33. The Balaban J connectivity index is 1.46. The Morgan fingerprint density at radius 2 is 2.08 bits per heavy atom. The molecule has 1 aliphatic heterocycles. The third kappa shape index (κ3) is 3.73. The molecule has 1 aromatic heterocycles. The van der Waals surface area contributed by atoms with Gasteiger partial charge in [0.25, 0.3) is 5.56 Å². The molecule has 0 radical (unpaired) electrons. The number of nitrogens with zero attached hydrogens (tertiary/aromatic N) is 2. The number of carbonyl (C=O) groups is 1. The molecule has 0 aliphatic carbocycles. The van der Waals surface area contributed by atoms with E-state index in [1.807, 2.05) is 11.9 Å². The summed E-state index contributed by atoms with van der Waals surface area (Å²) in [7, 11) is 1.81. The Morgan fingerprint density at radius 3 is 2.83 bits per heavy atom. The number of amides is 1. The summed E-state index contributed by atoms with van der Waals surface area (Å²) < 4.78 is 14.6. The van der Waals surface area contributed by atoms with Gasteiger partial charge in [0, 0.05) is 32.2 Å². The summed E-state index contributed by atoms with van der Waals surface area (Å²) in [5.74, 6) is -0.299. The lowest BCUT2D eigenvalue weighted by atomic mass is 10.1. The topological polar surface area (TPSA) is 70.1 Å². The Morgan fingerprint density at radius 1 is 1.33 bits per heavy atom. The first kappa shape index (κ1) is 16.4. The molecule has 6 nitrogen and oxygen atoms in total. The number of benzene rings is 1. The van der Waals surface area contributed by atoms with E-state index >= 15 is 0 Å². The normalized spacial score (nSPS) is 14.4. The molecule has 2 N–H and O–H groups in total. The van der Waals surface area contributed by atoms with E-state index in [0.29, 0.717) is 39.0 Å². The van der Waals surface area contributed by atoms with E-state index < -0.39 is 0 Å². The number of rotatable bonds is 5. The summed E-state index contributed by atoms with van der Waals surface area (Å²) >= 11 is 0. The quantitative estimate of drug-likeness (QED) is 0.841. The van der Waals surface area contributed by atoms with Crippen LogP contribution in [0.25, 0.3) is 0 Å². The first-order valence-corrected chi connectivity index (χ1v) is 8.03. The fourth-order valence-electron chi connectivity index (χ4n) is 3.03. The molecule has 0 fully saturated rings. The number of aromatic nitrogens is 2. The zero-order valence-electron chi connectivity index (χ0n) is 13.6. The summed E-state index contributed by atoms with van der Waals surface area (Å²) in [6, 6.07) is 6.29. The number of aromatic amines is 1. The van der Waals surface area contributed by atoms with Crippen molar-refractivity contribution in [1.82, 2.24) is 20.0 Å². The van der Waals surface area contributed by atoms with E-state index in [9.17, 15) is 14.0 Å². The molecule has 0 unspecified atom stereocenters. The number of fused-ring (bicyclic) bond motifs is 1. The van der Waals surface area contributed by atoms with Gasteiger partial charge >= 0.3 is 0 Å². The van der Waals surface area contributed by atoms with E-state index in [2.05, 4.69) is 10.4 Å². The van der Waals surface area contributed by atoms with Crippen LogP contribution in [0.1, 0.15) is 16.8 Å². The number of halogens is 1. The molecule has 7 heteroatoms. The molecule has 2 heterocycles. The van der Waals surface area contributed by atoms with Gasteiger partial charge in [0.2, 0.25) is 5.91 Å². The Bertz CT molecular complexity index is 779. The molecule has 1 aliphatic rings. The maximum atomic E-state index is 12.8. The largest absolute Gasteiger partial charge is 0.355 e. The standard InChI is InChI=1S/C17H21FN4O2/c1-21-15-10-22(9-7-14(15)17(24)20-21)11-16(23)19-8-6-12-2-4-13(18)5-3-12/h2-5H,6-11H2,1H3,(H,19,23)(H,20,24). The van der Waals surface area contributed by atoms with Gasteiger partial charge in [0.15, 0.2) is 0 Å². The molecule has 2 aromatic rings. The molecule has 1 amide bonds. The van der Waals surface area contributed by atoms with Gasteiger partial charge in [-0.25, -0.2) is 4.39 Å². The van der Waals surface area contributed by atoms with Crippen LogP contribution < -0.4 is 10.9 Å². The second kappa shape index (κ2) is 7.00. The summed E-state index contributed by atoms with van der Waals surface area (Å²) in [6.45, 7) is 2.12. The molecule has 128 valence electrons. The lowest BCUT2D eigenvalue weighted by Gasteiger charge is -2.26. The van der Waals surface area contributed by atoms with E-state index in [1.54, 1.807) is 16.8 Å². The van der Waals surface area contributed by atoms with Gasteiger partial charge in [0.1, 0.15) is 5.82 Å². The average molecular weight is 332 g/mol. The van der Waals surface area contributed by atoms with Crippen LogP contribution in [-0.4, -0.2) is 40.2 Å². The average Bonchev–Trinajstić information content (AvgIpc) is 2.83. The predicted octanol–water partition coefficient (Wildman–Crippen LogP) is 0.570. The van der Waals surface area contributed by atoms with Gasteiger partial charge in [-0.15, -0.1) is 0 Å². The third-order valence-electron chi connectivity index (χ3n) is 4.36. The van der Waals surface area contributed by atoms with Gasteiger partial charge in [0.05, 0.1) is 12.2 Å². The van der Waals surface area contributed by atoms with Crippen molar-refractivity contribution in [3.63, 3.8) is 0 Å². The number of aryl methyl sites for hydroxylation is 1. The molecule has 0 saturated heterocycles. The van der Waals surface area contributed by atoms with Crippen molar-refractivity contribution in [3.8, 4) is 0 Å². The fourth-order valence-corrected chi connectivity index (χ4v) is 3.03. The number of nitrogens with one attached hydrogen (secondary N) is 2. The number of carbonyl (C=O) groups excluding carboxylic acids is 1. The molecule has 3 rings (SSSR count). The maximum Gasteiger partial charge on any atom is 0.267 e. The van der Waals surface area contributed by atoms with Gasteiger partial charge < -0.3 is 5.32 Å². The Labute approximate surface area is 139 Å². The molecule has 0 spiro atoms. The third-order valence-corrected chi connectivity index (χ3v) is 4.36. The molecular formula is C17H21FN4O2. The van der Waals surface area contributed by atoms with Gasteiger partial charge in [-0.2, -0.15) is 0 Å². The second-order valence-electron chi connectivity index (χ2n) is 6.11. The van der Waals surface area contributed by atoms with Crippen LogP contribution in [0.3, 0.4) is 0 Å². The van der Waals surface area contributed by atoms with Crippen LogP contribution in [0, 0.1) is 5.82 Å². The van der Waals surface area contributed by atoms with Crippen LogP contribution in [0.2, 0.25) is 0 Å². The van der Waals surface area contributed by atoms with Crippen molar-refractivity contribution in [2.45, 2.75) is 19.4 Å². The van der Waals surface area contributed by atoms with E-state index in [1.165, 1.54) is 12.1 Å². The zero-order chi connectivity index (χ0) is 17.1. The van der Waals surface area contributed by atoms with Gasteiger partial charge in [-0.05, 0) is 30.5 Å². The van der Waals surface area contributed by atoms with Crippen LogP contribution in [-0.2, 0) is 31.2 Å². The molecular weight excluding hydrogens is 311 g/mol. The minimum absolute atomic E-state index is 0.0316. The van der Waals surface area contributed by atoms with Crippen molar-refractivity contribution in [2.24, 2.45) is 7.05 Å².